The lowest BCUT2D eigenvalue weighted by molar-refractivity contribution is -0.0287. The summed E-state index contributed by atoms with van der Waals surface area (Å²) in [6.07, 6.45) is 0.965. The second-order valence-corrected chi connectivity index (χ2v) is 22.2. The van der Waals surface area contributed by atoms with Gasteiger partial charge in [0.1, 0.15) is 6.23 Å². The molecule has 1 fully saturated rings. The van der Waals surface area contributed by atoms with Crippen molar-refractivity contribution < 1.29 is 14.0 Å². The first kappa shape index (κ1) is 27.5. The van der Waals surface area contributed by atoms with E-state index < -0.39 is 16.6 Å². The van der Waals surface area contributed by atoms with Crippen LogP contribution in [0.2, 0.25) is 36.3 Å². The minimum absolute atomic E-state index is 0.0349. The van der Waals surface area contributed by atoms with Gasteiger partial charge in [-0.05, 0) is 71.0 Å². The Hall–Kier alpha value is -1.06. The number of halogens is 1. The molecule has 0 amide bonds. The van der Waals surface area contributed by atoms with Crippen molar-refractivity contribution >= 4 is 49.7 Å². The highest BCUT2D eigenvalue weighted by Crippen LogP contribution is 2.48. The predicted molar refractivity (Wildman–Crippen MR) is 144 cm³/mol. The number of rotatable bonds is 7. The molecule has 12 heteroatoms. The lowest BCUT2D eigenvalue weighted by Crippen LogP contribution is -2.44. The predicted octanol–water partition coefficient (Wildman–Crippen LogP) is 4.76. The van der Waals surface area contributed by atoms with Gasteiger partial charge in [0.15, 0.2) is 32.5 Å². The number of aromatic nitrogens is 4. The number of aromatic amines is 1. The number of imidazole rings is 1. The van der Waals surface area contributed by atoms with Crippen molar-refractivity contribution in [2.24, 2.45) is 5.92 Å². The van der Waals surface area contributed by atoms with Gasteiger partial charge in [-0.1, -0.05) is 34.6 Å². The average molecular weight is 575 g/mol. The van der Waals surface area contributed by atoms with E-state index in [0.29, 0.717) is 23.4 Å². The number of nitrogens with two attached hydrogens (primary N) is 1. The number of hydrogen-bond donors (Lipinski definition) is 3. The van der Waals surface area contributed by atoms with Gasteiger partial charge < -0.3 is 19.7 Å². The third kappa shape index (κ3) is 5.36. The molecule has 1 aliphatic rings. The Morgan fingerprint density at radius 3 is 2.41 bits per heavy atom. The molecule has 192 valence electrons. The highest BCUT2D eigenvalue weighted by Gasteiger charge is 2.47. The highest BCUT2D eigenvalue weighted by molar-refractivity contribution is 9.10. The molecule has 1 aliphatic heterocycles. The van der Waals surface area contributed by atoms with Crippen molar-refractivity contribution in [2.45, 2.75) is 96.1 Å². The van der Waals surface area contributed by atoms with Gasteiger partial charge in [-0.25, -0.2) is 4.98 Å². The smallest absolute Gasteiger partial charge is 0.280 e. The van der Waals surface area contributed by atoms with Crippen molar-refractivity contribution in [2.75, 3.05) is 12.3 Å². The van der Waals surface area contributed by atoms with Gasteiger partial charge in [0.05, 0.1) is 12.7 Å². The first-order chi connectivity index (χ1) is 15.3. The van der Waals surface area contributed by atoms with Crippen LogP contribution in [0.4, 0.5) is 5.95 Å². The summed E-state index contributed by atoms with van der Waals surface area (Å²) < 4.78 is 15.4. The zero-order valence-corrected chi connectivity index (χ0v) is 25.4. The molecule has 0 bridgehead atoms. The monoisotopic (exact) mass is 573 g/mol. The lowest BCUT2D eigenvalue weighted by Gasteiger charge is -2.39. The lowest BCUT2D eigenvalue weighted by atomic mass is 9.90. The summed E-state index contributed by atoms with van der Waals surface area (Å²) in [4.78, 5) is 34.5. The van der Waals surface area contributed by atoms with Crippen LogP contribution < -0.4 is 11.3 Å². The molecule has 0 spiro atoms. The van der Waals surface area contributed by atoms with Crippen LogP contribution in [0, 0.1) is 5.92 Å². The molecule has 3 heterocycles. The zero-order chi connectivity index (χ0) is 25.9. The number of ether oxygens (including phenoxy) is 1. The first-order valence-electron chi connectivity index (χ1n) is 11.8. The van der Waals surface area contributed by atoms with E-state index in [1.807, 2.05) is 13.1 Å². The van der Waals surface area contributed by atoms with Gasteiger partial charge in [0.2, 0.25) is 5.95 Å². The van der Waals surface area contributed by atoms with Gasteiger partial charge in [0.25, 0.3) is 5.56 Å². The van der Waals surface area contributed by atoms with Crippen molar-refractivity contribution in [3.05, 3.63) is 15.1 Å². The van der Waals surface area contributed by atoms with Crippen LogP contribution in [-0.2, 0) is 9.16 Å². The Bertz CT molecular complexity index is 1100. The van der Waals surface area contributed by atoms with Crippen LogP contribution in [0.5, 0.6) is 0 Å². The fourth-order valence-corrected chi connectivity index (χ4v) is 6.33. The van der Waals surface area contributed by atoms with Crippen LogP contribution in [0.25, 0.3) is 11.2 Å². The van der Waals surface area contributed by atoms with E-state index in [1.165, 1.54) is 0 Å². The summed E-state index contributed by atoms with van der Waals surface area (Å²) in [5.41, 5.74) is 6.04. The van der Waals surface area contributed by atoms with E-state index >= 15 is 0 Å². The maximum absolute atomic E-state index is 12.4. The normalized spacial score (nSPS) is 22.6. The van der Waals surface area contributed by atoms with E-state index in [2.05, 4.69) is 78.6 Å². The topological polar surface area (TPSA) is 128 Å². The van der Waals surface area contributed by atoms with Gasteiger partial charge in [0, 0.05) is 0 Å². The Morgan fingerprint density at radius 2 is 1.85 bits per heavy atom. The van der Waals surface area contributed by atoms with Crippen LogP contribution in [0.15, 0.2) is 9.53 Å². The third-order valence-corrected chi connectivity index (χ3v) is 16.6. The molecule has 0 radical (unpaired) electrons. The highest BCUT2D eigenvalue weighted by atomic mass is 79.9. The molecule has 9 nitrogen and oxygen atoms in total. The van der Waals surface area contributed by atoms with Crippen molar-refractivity contribution in [1.29, 1.82) is 0 Å². The largest absolute Gasteiger partial charge is 0.432 e. The number of hydrogen-bond acceptors (Lipinski definition) is 7. The molecule has 1 saturated heterocycles. The fraction of sp³-hybridized carbons (Fsp3) is 0.773. The first-order valence-corrected chi connectivity index (χ1v) is 18.4. The Kier molecular flexibility index (Phi) is 7.38. The molecule has 0 aliphatic carbocycles. The number of nitrogen functional groups attached to an aromatic ring is 1. The number of H-pyrrole nitrogens is 1. The summed E-state index contributed by atoms with van der Waals surface area (Å²) >= 11 is 3.49. The molecular weight excluding hydrogens is 534 g/mol. The molecule has 4 N–H and O–H groups in total. The standard InChI is InChI=1S/C22H40BrN5O4Si2/c1-21(2,3)34(8,9)31-12-14-13(11-22(4,5)33(6,7)30)10-15(32-14)28-17-16(25-19(28)23)18(29)27-20(24)26-17/h13-15,30H,10-12H2,1-9H3,(H3,24,26,27,29)/t13-,14+,15+/m0/s1. The Labute approximate surface area is 212 Å². The van der Waals surface area contributed by atoms with Crippen LogP contribution in [-0.4, -0.2) is 53.7 Å². The fourth-order valence-electron chi connectivity index (χ4n) is 3.98. The molecule has 3 atom stereocenters. The molecular formula is C22H40BrN5O4Si2. The van der Waals surface area contributed by atoms with Crippen LogP contribution >= 0.6 is 15.9 Å². The van der Waals surface area contributed by atoms with E-state index in [9.17, 15) is 9.59 Å². The van der Waals surface area contributed by atoms with Crippen molar-refractivity contribution in [3.63, 3.8) is 0 Å². The van der Waals surface area contributed by atoms with Gasteiger partial charge >= 0.3 is 0 Å². The second-order valence-electron chi connectivity index (χ2n) is 12.2. The van der Waals surface area contributed by atoms with Crippen molar-refractivity contribution in [1.82, 2.24) is 19.5 Å². The number of fused-ring (bicyclic) bond motifs is 1. The maximum Gasteiger partial charge on any atom is 0.280 e. The van der Waals surface area contributed by atoms with E-state index in [0.717, 1.165) is 6.42 Å². The molecule has 0 unspecified atom stereocenters. The molecule has 2 aromatic heterocycles. The summed E-state index contributed by atoms with van der Waals surface area (Å²) in [5.74, 6) is 0.194. The summed E-state index contributed by atoms with van der Waals surface area (Å²) in [6.45, 7) is 19.9. The van der Waals surface area contributed by atoms with Gasteiger partial charge in [-0.3, -0.25) is 14.3 Å². The molecule has 3 rings (SSSR count). The molecule has 34 heavy (non-hydrogen) atoms. The Balaban J connectivity index is 1.96. The molecule has 0 saturated carbocycles. The zero-order valence-electron chi connectivity index (χ0n) is 21.8. The average Bonchev–Trinajstić information content (AvgIpc) is 3.17. The number of anilines is 1. The summed E-state index contributed by atoms with van der Waals surface area (Å²) in [5, 5.41) is -0.120. The van der Waals surface area contributed by atoms with E-state index in [-0.39, 0.29) is 45.4 Å². The number of nitrogens with one attached hydrogen (secondary N) is 1. The minimum atomic E-state index is -2.42. The quantitative estimate of drug-likeness (QED) is 0.321. The van der Waals surface area contributed by atoms with E-state index in [4.69, 9.17) is 14.9 Å². The SMILES string of the molecule is CC(C)(C[C@@H]1C[C@H](n2c(Br)nc3c(=O)[nH]c(N)nc32)O[C@@H]1CO[Si](C)(C)C(C)(C)C)[Si](C)(C)O. The summed E-state index contributed by atoms with van der Waals surface area (Å²) in [6, 6.07) is 0. The Morgan fingerprint density at radius 1 is 1.24 bits per heavy atom. The maximum atomic E-state index is 12.4. The molecule has 0 aromatic carbocycles. The van der Waals surface area contributed by atoms with Gasteiger partial charge in [-0.2, -0.15) is 4.98 Å². The second kappa shape index (κ2) is 9.11. The van der Waals surface area contributed by atoms with E-state index in [1.54, 1.807) is 4.57 Å². The van der Waals surface area contributed by atoms with Crippen molar-refractivity contribution in [3.8, 4) is 0 Å². The summed E-state index contributed by atoms with van der Waals surface area (Å²) in [7, 11) is -4.40. The molecule has 2 aromatic rings. The number of nitrogens with zero attached hydrogens (tertiary/aromatic N) is 3. The van der Waals surface area contributed by atoms with Crippen LogP contribution in [0.3, 0.4) is 0 Å². The minimum Gasteiger partial charge on any atom is -0.432 e. The van der Waals surface area contributed by atoms with Gasteiger partial charge in [-0.15, -0.1) is 0 Å². The third-order valence-electron chi connectivity index (χ3n) is 8.02. The van der Waals surface area contributed by atoms with Crippen LogP contribution in [0.1, 0.15) is 53.7 Å².